The average Bonchev–Trinajstić information content (AvgIpc) is 2.37. The molecule has 0 radical (unpaired) electrons. The molecule has 0 aromatic heterocycles. The van der Waals surface area contributed by atoms with Crippen LogP contribution >= 0.6 is 0 Å². The third-order valence-electron chi connectivity index (χ3n) is 3.01. The summed E-state index contributed by atoms with van der Waals surface area (Å²) in [6.45, 7) is 8.79. The van der Waals surface area contributed by atoms with Gasteiger partial charge in [0, 0.05) is 18.7 Å². The summed E-state index contributed by atoms with van der Waals surface area (Å²) in [6.07, 6.45) is 0. The molecule has 1 amide bonds. The molecule has 1 atom stereocenters. The van der Waals surface area contributed by atoms with Crippen LogP contribution in [0.4, 0.5) is 0 Å². The highest BCUT2D eigenvalue weighted by molar-refractivity contribution is 5.95. The first-order valence-corrected chi connectivity index (χ1v) is 6.25. The number of amides is 1. The first kappa shape index (κ1) is 14.2. The summed E-state index contributed by atoms with van der Waals surface area (Å²) >= 11 is 0. The van der Waals surface area contributed by atoms with Crippen molar-refractivity contribution < 1.29 is 4.79 Å². The van der Waals surface area contributed by atoms with Gasteiger partial charge in [0.1, 0.15) is 0 Å². The second kappa shape index (κ2) is 6.20. The Morgan fingerprint density at radius 1 is 1.44 bits per heavy atom. The minimum absolute atomic E-state index is 0.0146. The number of rotatable bonds is 4. The molecule has 0 aliphatic rings. The number of carbonyl (C=O) groups is 1. The van der Waals surface area contributed by atoms with Crippen molar-refractivity contribution in [2.75, 3.05) is 13.1 Å². The quantitative estimate of drug-likeness (QED) is 0.817. The molecule has 0 spiro atoms. The molecule has 0 bridgehead atoms. The SMILES string of the molecule is CCN(CC(C)C#N)C(=O)c1cc(C)ccc1C. The Kier molecular flexibility index (Phi) is 4.91. The highest BCUT2D eigenvalue weighted by Crippen LogP contribution is 2.14. The van der Waals surface area contributed by atoms with E-state index in [0.29, 0.717) is 13.1 Å². The van der Waals surface area contributed by atoms with Crippen LogP contribution in [0.15, 0.2) is 18.2 Å². The summed E-state index contributed by atoms with van der Waals surface area (Å²) < 4.78 is 0. The van der Waals surface area contributed by atoms with Crippen LogP contribution in [-0.2, 0) is 0 Å². The van der Waals surface area contributed by atoms with Crippen LogP contribution in [0.2, 0.25) is 0 Å². The van der Waals surface area contributed by atoms with Crippen molar-refractivity contribution in [3.05, 3.63) is 34.9 Å². The lowest BCUT2D eigenvalue weighted by Crippen LogP contribution is -2.34. The van der Waals surface area contributed by atoms with Gasteiger partial charge < -0.3 is 4.90 Å². The third-order valence-corrected chi connectivity index (χ3v) is 3.01. The molecule has 18 heavy (non-hydrogen) atoms. The van der Waals surface area contributed by atoms with E-state index in [9.17, 15) is 4.79 Å². The second-order valence-electron chi connectivity index (χ2n) is 4.69. The van der Waals surface area contributed by atoms with Gasteiger partial charge in [-0.05, 0) is 39.3 Å². The van der Waals surface area contributed by atoms with E-state index in [0.717, 1.165) is 16.7 Å². The van der Waals surface area contributed by atoms with E-state index < -0.39 is 0 Å². The van der Waals surface area contributed by atoms with E-state index in [1.807, 2.05) is 45.9 Å². The first-order valence-electron chi connectivity index (χ1n) is 6.25. The van der Waals surface area contributed by atoms with Gasteiger partial charge in [-0.1, -0.05) is 17.7 Å². The van der Waals surface area contributed by atoms with Crippen LogP contribution in [0, 0.1) is 31.1 Å². The van der Waals surface area contributed by atoms with Gasteiger partial charge in [0.25, 0.3) is 5.91 Å². The van der Waals surface area contributed by atoms with Crippen LogP contribution in [0.25, 0.3) is 0 Å². The molecular weight excluding hydrogens is 224 g/mol. The summed E-state index contributed by atoms with van der Waals surface area (Å²) in [5.41, 5.74) is 2.80. The van der Waals surface area contributed by atoms with Gasteiger partial charge in [-0.2, -0.15) is 5.26 Å². The summed E-state index contributed by atoms with van der Waals surface area (Å²) in [5.74, 6) is -0.125. The van der Waals surface area contributed by atoms with Gasteiger partial charge >= 0.3 is 0 Å². The van der Waals surface area contributed by atoms with Crippen LogP contribution < -0.4 is 0 Å². The highest BCUT2D eigenvalue weighted by atomic mass is 16.2. The highest BCUT2D eigenvalue weighted by Gasteiger charge is 2.18. The predicted molar refractivity (Wildman–Crippen MR) is 72.3 cm³/mol. The van der Waals surface area contributed by atoms with Crippen molar-refractivity contribution in [1.82, 2.24) is 4.90 Å². The van der Waals surface area contributed by atoms with E-state index >= 15 is 0 Å². The Balaban J connectivity index is 2.97. The van der Waals surface area contributed by atoms with Gasteiger partial charge in [0.15, 0.2) is 0 Å². The number of carbonyl (C=O) groups excluding carboxylic acids is 1. The Morgan fingerprint density at radius 2 is 2.11 bits per heavy atom. The fraction of sp³-hybridized carbons (Fsp3) is 0.467. The molecule has 1 unspecified atom stereocenters. The Morgan fingerprint density at radius 3 is 2.67 bits per heavy atom. The fourth-order valence-electron chi connectivity index (χ4n) is 1.86. The van der Waals surface area contributed by atoms with E-state index in [1.165, 1.54) is 0 Å². The molecule has 1 rings (SSSR count). The smallest absolute Gasteiger partial charge is 0.254 e. The molecule has 96 valence electrons. The van der Waals surface area contributed by atoms with Gasteiger partial charge in [0.05, 0.1) is 12.0 Å². The van der Waals surface area contributed by atoms with E-state index in [4.69, 9.17) is 5.26 Å². The number of hydrogen-bond donors (Lipinski definition) is 0. The van der Waals surface area contributed by atoms with Crippen LogP contribution in [0.3, 0.4) is 0 Å². The molecule has 1 aromatic carbocycles. The lowest BCUT2D eigenvalue weighted by molar-refractivity contribution is 0.0752. The maximum absolute atomic E-state index is 12.4. The van der Waals surface area contributed by atoms with Crippen LogP contribution in [0.1, 0.15) is 35.3 Å². The summed E-state index contributed by atoms with van der Waals surface area (Å²) in [6, 6.07) is 8.04. The average molecular weight is 244 g/mol. The fourth-order valence-corrected chi connectivity index (χ4v) is 1.86. The molecule has 3 heteroatoms. The van der Waals surface area contributed by atoms with Crippen molar-refractivity contribution >= 4 is 5.91 Å². The molecule has 0 saturated carbocycles. The maximum Gasteiger partial charge on any atom is 0.254 e. The first-order chi connectivity index (χ1) is 8.49. The molecule has 1 aromatic rings. The Bertz CT molecular complexity index is 474. The van der Waals surface area contributed by atoms with Crippen molar-refractivity contribution in [2.24, 2.45) is 5.92 Å². The van der Waals surface area contributed by atoms with Crippen molar-refractivity contribution in [1.29, 1.82) is 5.26 Å². The minimum Gasteiger partial charge on any atom is -0.338 e. The lowest BCUT2D eigenvalue weighted by atomic mass is 10.0. The van der Waals surface area contributed by atoms with Gasteiger partial charge in [-0.3, -0.25) is 4.79 Å². The van der Waals surface area contributed by atoms with E-state index in [2.05, 4.69) is 6.07 Å². The Labute approximate surface area is 109 Å². The number of aryl methyl sites for hydroxylation is 2. The molecule has 0 aliphatic carbocycles. The molecule has 0 fully saturated rings. The molecular formula is C15H20N2O. The summed E-state index contributed by atoms with van der Waals surface area (Å²) in [5, 5.41) is 8.84. The second-order valence-corrected chi connectivity index (χ2v) is 4.69. The normalized spacial score (nSPS) is 11.7. The van der Waals surface area contributed by atoms with Crippen molar-refractivity contribution in [3.8, 4) is 6.07 Å². The monoisotopic (exact) mass is 244 g/mol. The minimum atomic E-state index is -0.140. The van der Waals surface area contributed by atoms with E-state index in [1.54, 1.807) is 4.90 Å². The van der Waals surface area contributed by atoms with Crippen LogP contribution in [0.5, 0.6) is 0 Å². The van der Waals surface area contributed by atoms with Gasteiger partial charge in [-0.15, -0.1) is 0 Å². The van der Waals surface area contributed by atoms with Gasteiger partial charge in [-0.25, -0.2) is 0 Å². The maximum atomic E-state index is 12.4. The topological polar surface area (TPSA) is 44.1 Å². The molecule has 0 aliphatic heterocycles. The van der Waals surface area contributed by atoms with Gasteiger partial charge in [0.2, 0.25) is 0 Å². The van der Waals surface area contributed by atoms with Crippen molar-refractivity contribution in [3.63, 3.8) is 0 Å². The zero-order valence-electron chi connectivity index (χ0n) is 11.5. The summed E-state index contributed by atoms with van der Waals surface area (Å²) in [7, 11) is 0. The Hall–Kier alpha value is -1.82. The number of nitriles is 1. The van der Waals surface area contributed by atoms with Crippen LogP contribution in [-0.4, -0.2) is 23.9 Å². The van der Waals surface area contributed by atoms with Crippen molar-refractivity contribution in [2.45, 2.75) is 27.7 Å². The molecule has 0 saturated heterocycles. The van der Waals surface area contributed by atoms with E-state index in [-0.39, 0.29) is 11.8 Å². The predicted octanol–water partition coefficient (Wildman–Crippen LogP) is 2.93. The lowest BCUT2D eigenvalue weighted by Gasteiger charge is -2.23. The molecule has 0 N–H and O–H groups in total. The summed E-state index contributed by atoms with van der Waals surface area (Å²) in [4.78, 5) is 14.1. The largest absolute Gasteiger partial charge is 0.338 e. The molecule has 0 heterocycles. The molecule has 3 nitrogen and oxygen atoms in total. The standard InChI is InChI=1S/C15H20N2O/c1-5-17(10-12(3)9-16)15(18)14-8-11(2)6-7-13(14)4/h6-8,12H,5,10H2,1-4H3. The number of nitrogens with zero attached hydrogens (tertiary/aromatic N) is 2. The zero-order chi connectivity index (χ0) is 13.7. The number of hydrogen-bond acceptors (Lipinski definition) is 2. The number of benzene rings is 1. The third kappa shape index (κ3) is 3.33. The zero-order valence-corrected chi connectivity index (χ0v) is 11.5.